The summed E-state index contributed by atoms with van der Waals surface area (Å²) in [5, 5.41) is 5.76. The van der Waals surface area contributed by atoms with E-state index in [1.54, 1.807) is 38.1 Å². The summed E-state index contributed by atoms with van der Waals surface area (Å²) in [4.78, 5) is 24.4. The molecule has 0 atom stereocenters. The maximum atomic E-state index is 12.9. The first kappa shape index (κ1) is 21.6. The number of nitrogens with zero attached hydrogens (tertiary/aromatic N) is 2. The molecule has 3 rings (SSSR count). The van der Waals surface area contributed by atoms with Gasteiger partial charge in [0.05, 0.1) is 30.7 Å². The van der Waals surface area contributed by atoms with Crippen LogP contribution in [0, 0.1) is 0 Å². The van der Waals surface area contributed by atoms with E-state index < -0.39 is 5.97 Å². The third-order valence-corrected chi connectivity index (χ3v) is 4.76. The summed E-state index contributed by atoms with van der Waals surface area (Å²) in [7, 11) is 1.51. The van der Waals surface area contributed by atoms with Gasteiger partial charge in [0.15, 0.2) is 18.1 Å². The van der Waals surface area contributed by atoms with Crippen LogP contribution in [0.2, 0.25) is 0 Å². The zero-order valence-corrected chi connectivity index (χ0v) is 18.4. The van der Waals surface area contributed by atoms with Crippen molar-refractivity contribution in [3.05, 3.63) is 58.1 Å². The average Bonchev–Trinajstić information content (AvgIpc) is 3.01. The lowest BCUT2D eigenvalue weighted by atomic mass is 10.1. The maximum Gasteiger partial charge on any atom is 0.344 e. The van der Waals surface area contributed by atoms with Crippen LogP contribution in [0.4, 0.5) is 5.69 Å². The van der Waals surface area contributed by atoms with Gasteiger partial charge in [-0.05, 0) is 55.8 Å². The Morgan fingerprint density at radius 3 is 2.70 bits per heavy atom. The first-order chi connectivity index (χ1) is 14.4. The molecule has 0 bridgehead atoms. The predicted molar refractivity (Wildman–Crippen MR) is 118 cm³/mol. The molecule has 0 N–H and O–H groups in total. The van der Waals surface area contributed by atoms with Crippen LogP contribution in [0.1, 0.15) is 19.4 Å². The Morgan fingerprint density at radius 2 is 2.00 bits per heavy atom. The van der Waals surface area contributed by atoms with E-state index in [-0.39, 0.29) is 19.1 Å². The highest BCUT2D eigenvalue weighted by Gasteiger charge is 2.28. The Labute approximate surface area is 183 Å². The fourth-order valence-corrected chi connectivity index (χ4v) is 3.25. The fraction of sp³-hybridized carbons (Fsp3) is 0.227. The fourth-order valence-electron chi connectivity index (χ4n) is 2.87. The van der Waals surface area contributed by atoms with E-state index in [4.69, 9.17) is 14.2 Å². The van der Waals surface area contributed by atoms with E-state index in [1.807, 2.05) is 24.3 Å². The topological polar surface area (TPSA) is 77.4 Å². The third kappa shape index (κ3) is 4.88. The normalized spacial score (nSPS) is 14.7. The lowest BCUT2D eigenvalue weighted by Gasteiger charge is -2.12. The van der Waals surface area contributed by atoms with Gasteiger partial charge in [-0.25, -0.2) is 4.79 Å². The maximum absolute atomic E-state index is 12.9. The van der Waals surface area contributed by atoms with Gasteiger partial charge in [0.1, 0.15) is 0 Å². The molecule has 8 heteroatoms. The molecule has 0 saturated heterocycles. The molecule has 0 fully saturated rings. The summed E-state index contributed by atoms with van der Waals surface area (Å²) in [6, 6.07) is 12.6. The molecule has 0 aliphatic carbocycles. The minimum absolute atomic E-state index is 0.212. The summed E-state index contributed by atoms with van der Waals surface area (Å²) < 4.78 is 16.6. The first-order valence-corrected chi connectivity index (χ1v) is 10.1. The number of rotatable bonds is 7. The molecule has 1 aliphatic rings. The quantitative estimate of drug-likeness (QED) is 0.445. The number of anilines is 1. The Kier molecular flexibility index (Phi) is 6.89. The number of hydrogen-bond acceptors (Lipinski definition) is 6. The number of carbonyl (C=O) groups is 2. The van der Waals surface area contributed by atoms with Crippen molar-refractivity contribution in [1.82, 2.24) is 0 Å². The minimum Gasteiger partial charge on any atom is -0.493 e. The lowest BCUT2D eigenvalue weighted by molar-refractivity contribution is -0.145. The van der Waals surface area contributed by atoms with Crippen LogP contribution in [0.5, 0.6) is 11.5 Å². The van der Waals surface area contributed by atoms with Gasteiger partial charge in [-0.2, -0.15) is 10.1 Å². The van der Waals surface area contributed by atoms with E-state index in [0.29, 0.717) is 28.5 Å². The van der Waals surface area contributed by atoms with Crippen molar-refractivity contribution in [2.75, 3.05) is 25.3 Å². The number of amides is 1. The molecule has 0 radical (unpaired) electrons. The summed E-state index contributed by atoms with van der Waals surface area (Å²) in [6.45, 7) is 3.60. The number of hydrogen-bond donors (Lipinski definition) is 0. The molecule has 0 saturated carbocycles. The predicted octanol–water partition coefficient (Wildman–Crippen LogP) is 4.21. The van der Waals surface area contributed by atoms with Gasteiger partial charge in [0.25, 0.3) is 5.91 Å². The van der Waals surface area contributed by atoms with Crippen molar-refractivity contribution in [2.45, 2.75) is 13.8 Å². The molecule has 1 aliphatic heterocycles. The molecule has 2 aromatic rings. The smallest absolute Gasteiger partial charge is 0.344 e. The molecule has 1 amide bonds. The van der Waals surface area contributed by atoms with Crippen molar-refractivity contribution in [3.8, 4) is 11.5 Å². The molecular weight excluding hydrogens is 452 g/mol. The zero-order chi connectivity index (χ0) is 21.7. The molecule has 2 aromatic carbocycles. The summed E-state index contributed by atoms with van der Waals surface area (Å²) in [6.07, 6.45) is 1.75. The highest BCUT2D eigenvalue weighted by atomic mass is 79.9. The SMILES string of the molecule is CCOC(=O)COc1ccc(C=C2C(=O)N(c3cccc(Br)c3)N=C2C)cc1OC. The second-order valence-corrected chi connectivity index (χ2v) is 7.26. The Hall–Kier alpha value is -3.13. The monoisotopic (exact) mass is 472 g/mol. The molecule has 1 heterocycles. The van der Waals surface area contributed by atoms with Crippen LogP contribution in [-0.4, -0.2) is 37.9 Å². The number of esters is 1. The summed E-state index contributed by atoms with van der Waals surface area (Å²) in [5.41, 5.74) is 2.51. The second-order valence-electron chi connectivity index (χ2n) is 6.34. The van der Waals surface area contributed by atoms with E-state index in [0.717, 1.165) is 10.0 Å². The van der Waals surface area contributed by atoms with Crippen molar-refractivity contribution >= 4 is 45.3 Å². The van der Waals surface area contributed by atoms with E-state index in [1.165, 1.54) is 12.1 Å². The largest absolute Gasteiger partial charge is 0.493 e. The van der Waals surface area contributed by atoms with Crippen LogP contribution in [0.3, 0.4) is 0 Å². The van der Waals surface area contributed by atoms with Crippen molar-refractivity contribution in [3.63, 3.8) is 0 Å². The van der Waals surface area contributed by atoms with Gasteiger partial charge in [-0.1, -0.05) is 28.1 Å². The van der Waals surface area contributed by atoms with Gasteiger partial charge in [0.2, 0.25) is 0 Å². The van der Waals surface area contributed by atoms with Gasteiger partial charge in [-0.15, -0.1) is 0 Å². The Morgan fingerprint density at radius 1 is 1.20 bits per heavy atom. The standard InChI is InChI=1S/C22H21BrN2O5/c1-4-29-21(26)13-30-19-9-8-15(11-20(19)28-3)10-18-14(2)24-25(22(18)27)17-7-5-6-16(23)12-17/h5-12H,4,13H2,1-3H3. The van der Waals surface area contributed by atoms with E-state index >= 15 is 0 Å². The minimum atomic E-state index is -0.457. The molecule has 156 valence electrons. The number of carbonyl (C=O) groups excluding carboxylic acids is 2. The first-order valence-electron chi connectivity index (χ1n) is 9.26. The molecule has 30 heavy (non-hydrogen) atoms. The molecule has 0 unspecified atom stereocenters. The van der Waals surface area contributed by atoms with Crippen LogP contribution < -0.4 is 14.5 Å². The number of halogens is 1. The molecule has 0 aromatic heterocycles. The number of methoxy groups -OCH3 is 1. The molecule has 7 nitrogen and oxygen atoms in total. The highest BCUT2D eigenvalue weighted by Crippen LogP contribution is 2.31. The number of ether oxygens (including phenoxy) is 3. The van der Waals surface area contributed by atoms with Crippen LogP contribution >= 0.6 is 15.9 Å². The van der Waals surface area contributed by atoms with E-state index in [9.17, 15) is 9.59 Å². The van der Waals surface area contributed by atoms with Crippen molar-refractivity contribution < 1.29 is 23.8 Å². The summed E-state index contributed by atoms with van der Waals surface area (Å²) >= 11 is 3.41. The third-order valence-electron chi connectivity index (χ3n) is 4.26. The molecular formula is C22H21BrN2O5. The van der Waals surface area contributed by atoms with Crippen LogP contribution in [-0.2, 0) is 14.3 Å². The number of benzene rings is 2. The average molecular weight is 473 g/mol. The van der Waals surface area contributed by atoms with Crippen molar-refractivity contribution in [2.24, 2.45) is 5.10 Å². The Balaban J connectivity index is 1.81. The van der Waals surface area contributed by atoms with Gasteiger partial charge >= 0.3 is 5.97 Å². The Bertz CT molecular complexity index is 1030. The molecule has 0 spiro atoms. The van der Waals surface area contributed by atoms with Crippen LogP contribution in [0.25, 0.3) is 6.08 Å². The van der Waals surface area contributed by atoms with E-state index in [2.05, 4.69) is 21.0 Å². The number of hydrazone groups is 1. The highest BCUT2D eigenvalue weighted by molar-refractivity contribution is 9.10. The van der Waals surface area contributed by atoms with Gasteiger partial charge < -0.3 is 14.2 Å². The lowest BCUT2D eigenvalue weighted by Crippen LogP contribution is -2.21. The van der Waals surface area contributed by atoms with Gasteiger partial charge in [0, 0.05) is 4.47 Å². The summed E-state index contributed by atoms with van der Waals surface area (Å²) in [5.74, 6) is 0.179. The zero-order valence-electron chi connectivity index (χ0n) is 16.8. The van der Waals surface area contributed by atoms with Crippen LogP contribution in [0.15, 0.2) is 57.6 Å². The van der Waals surface area contributed by atoms with Gasteiger partial charge in [-0.3, -0.25) is 4.79 Å². The second kappa shape index (κ2) is 9.58. The van der Waals surface area contributed by atoms with Crippen molar-refractivity contribution in [1.29, 1.82) is 0 Å².